The molecule has 4 heteroatoms. The zero-order valence-electron chi connectivity index (χ0n) is 13.4. The fraction of sp³-hybridized carbons (Fsp3) is 1.00. The van der Waals surface area contributed by atoms with E-state index in [0.717, 1.165) is 19.3 Å². The maximum atomic E-state index is 9.46. The number of ether oxygens (including phenoxy) is 3. The summed E-state index contributed by atoms with van der Waals surface area (Å²) < 4.78 is 16.9. The molecule has 2 unspecified atom stereocenters. The molecule has 0 spiro atoms. The third-order valence-electron chi connectivity index (χ3n) is 2.61. The van der Waals surface area contributed by atoms with Crippen molar-refractivity contribution in [3.05, 3.63) is 0 Å². The molecule has 2 atom stereocenters. The molecular formula is C15H32O4. The zero-order chi connectivity index (χ0) is 14.9. The summed E-state index contributed by atoms with van der Waals surface area (Å²) in [5.41, 5.74) is 0. The fourth-order valence-electron chi connectivity index (χ4n) is 1.42. The first-order chi connectivity index (χ1) is 8.74. The number of rotatable bonds is 11. The van der Waals surface area contributed by atoms with Crippen LogP contribution in [0, 0.1) is 5.92 Å². The van der Waals surface area contributed by atoms with Gasteiger partial charge in [0.05, 0.1) is 19.3 Å². The highest BCUT2D eigenvalue weighted by molar-refractivity contribution is 4.55. The molecule has 0 aromatic rings. The molecule has 0 aliphatic carbocycles. The van der Waals surface area contributed by atoms with Crippen LogP contribution in [-0.4, -0.2) is 36.5 Å². The van der Waals surface area contributed by atoms with Crippen LogP contribution in [0.3, 0.4) is 0 Å². The minimum absolute atomic E-state index is 0.178. The smallest absolute Gasteiger partial charge is 0.159 e. The van der Waals surface area contributed by atoms with Crippen LogP contribution in [0.2, 0.25) is 0 Å². The van der Waals surface area contributed by atoms with E-state index in [0.29, 0.717) is 19.1 Å². The van der Waals surface area contributed by atoms with Gasteiger partial charge in [-0.2, -0.15) is 0 Å². The first-order valence-corrected chi connectivity index (χ1v) is 7.38. The Balaban J connectivity index is 3.97. The van der Waals surface area contributed by atoms with Crippen LogP contribution in [0.25, 0.3) is 0 Å². The van der Waals surface area contributed by atoms with Crippen molar-refractivity contribution in [1.82, 2.24) is 0 Å². The van der Waals surface area contributed by atoms with E-state index in [4.69, 9.17) is 14.2 Å². The minimum Gasteiger partial charge on any atom is -0.366 e. The van der Waals surface area contributed by atoms with Gasteiger partial charge < -0.3 is 19.3 Å². The molecule has 116 valence electrons. The molecule has 0 saturated carbocycles. The van der Waals surface area contributed by atoms with Gasteiger partial charge in [-0.05, 0) is 39.5 Å². The highest BCUT2D eigenvalue weighted by Crippen LogP contribution is 2.13. The normalized spacial score (nSPS) is 15.8. The number of hydrogen-bond acceptors (Lipinski definition) is 4. The molecule has 0 bridgehead atoms. The van der Waals surface area contributed by atoms with E-state index in [9.17, 15) is 5.11 Å². The topological polar surface area (TPSA) is 47.9 Å². The second kappa shape index (κ2) is 9.70. The van der Waals surface area contributed by atoms with Crippen molar-refractivity contribution < 1.29 is 19.3 Å². The molecule has 0 aliphatic heterocycles. The molecule has 0 heterocycles. The Labute approximate surface area is 118 Å². The van der Waals surface area contributed by atoms with Crippen molar-refractivity contribution in [2.75, 3.05) is 13.2 Å². The highest BCUT2D eigenvalue weighted by Gasteiger charge is 2.16. The Morgan fingerprint density at radius 1 is 1.16 bits per heavy atom. The van der Waals surface area contributed by atoms with Crippen molar-refractivity contribution in [3.63, 3.8) is 0 Å². The van der Waals surface area contributed by atoms with Crippen LogP contribution in [0.1, 0.15) is 60.8 Å². The van der Waals surface area contributed by atoms with Gasteiger partial charge in [-0.1, -0.05) is 20.8 Å². The van der Waals surface area contributed by atoms with E-state index in [1.165, 1.54) is 0 Å². The molecule has 0 aliphatic rings. The monoisotopic (exact) mass is 276 g/mol. The summed E-state index contributed by atoms with van der Waals surface area (Å²) in [5.74, 6) is -0.568. The quantitative estimate of drug-likeness (QED) is 0.464. The summed E-state index contributed by atoms with van der Waals surface area (Å²) in [4.78, 5) is 0. The van der Waals surface area contributed by atoms with Gasteiger partial charge >= 0.3 is 0 Å². The van der Waals surface area contributed by atoms with Crippen molar-refractivity contribution in [2.45, 2.75) is 79.0 Å². The summed E-state index contributed by atoms with van der Waals surface area (Å²) in [6.45, 7) is 12.9. The largest absolute Gasteiger partial charge is 0.366 e. The van der Waals surface area contributed by atoms with E-state index < -0.39 is 5.79 Å². The van der Waals surface area contributed by atoms with Gasteiger partial charge in [0.2, 0.25) is 0 Å². The van der Waals surface area contributed by atoms with Gasteiger partial charge in [0.25, 0.3) is 0 Å². The van der Waals surface area contributed by atoms with Crippen molar-refractivity contribution in [2.24, 2.45) is 5.92 Å². The van der Waals surface area contributed by atoms with E-state index in [1.807, 2.05) is 0 Å². The first-order valence-electron chi connectivity index (χ1n) is 7.38. The molecule has 0 amide bonds. The second-order valence-electron chi connectivity index (χ2n) is 5.95. The Bertz CT molecular complexity index is 211. The standard InChI is InChI=1S/C15H32O4/c1-7-13(4)19-14(17-11-12(2)3)9-8-10-18-15(5,6)16/h12-14,16H,7-11H2,1-6H3. The van der Waals surface area contributed by atoms with E-state index in [2.05, 4.69) is 27.7 Å². The highest BCUT2D eigenvalue weighted by atomic mass is 16.7. The van der Waals surface area contributed by atoms with Crippen LogP contribution >= 0.6 is 0 Å². The van der Waals surface area contributed by atoms with Crippen LogP contribution in [-0.2, 0) is 14.2 Å². The van der Waals surface area contributed by atoms with Gasteiger partial charge in [-0.25, -0.2) is 0 Å². The van der Waals surface area contributed by atoms with Gasteiger partial charge in [0.15, 0.2) is 12.1 Å². The molecular weight excluding hydrogens is 244 g/mol. The molecule has 0 rings (SSSR count). The first kappa shape index (κ1) is 18.8. The molecule has 1 N–H and O–H groups in total. The molecule has 0 fully saturated rings. The lowest BCUT2D eigenvalue weighted by atomic mass is 10.2. The van der Waals surface area contributed by atoms with E-state index in [1.54, 1.807) is 13.8 Å². The van der Waals surface area contributed by atoms with Gasteiger partial charge in [-0.15, -0.1) is 0 Å². The summed E-state index contributed by atoms with van der Waals surface area (Å²) in [5, 5.41) is 9.46. The Hall–Kier alpha value is -0.160. The van der Waals surface area contributed by atoms with E-state index in [-0.39, 0.29) is 12.4 Å². The fourth-order valence-corrected chi connectivity index (χ4v) is 1.42. The zero-order valence-corrected chi connectivity index (χ0v) is 13.4. The second-order valence-corrected chi connectivity index (χ2v) is 5.95. The summed E-state index contributed by atoms with van der Waals surface area (Å²) in [7, 11) is 0. The predicted molar refractivity (Wildman–Crippen MR) is 76.9 cm³/mol. The van der Waals surface area contributed by atoms with Crippen LogP contribution < -0.4 is 0 Å². The lowest BCUT2D eigenvalue weighted by Crippen LogP contribution is -2.27. The molecule has 4 nitrogen and oxygen atoms in total. The summed E-state index contributed by atoms with van der Waals surface area (Å²) in [6.07, 6.45) is 2.59. The van der Waals surface area contributed by atoms with Gasteiger partial charge in [0, 0.05) is 6.42 Å². The Morgan fingerprint density at radius 2 is 1.79 bits per heavy atom. The molecule has 0 saturated heterocycles. The van der Waals surface area contributed by atoms with Gasteiger partial charge in [0.1, 0.15) is 0 Å². The molecule has 0 aromatic carbocycles. The van der Waals surface area contributed by atoms with Crippen molar-refractivity contribution in [1.29, 1.82) is 0 Å². The lowest BCUT2D eigenvalue weighted by molar-refractivity contribution is -0.192. The van der Waals surface area contributed by atoms with Crippen LogP contribution in [0.5, 0.6) is 0 Å². The van der Waals surface area contributed by atoms with Gasteiger partial charge in [-0.3, -0.25) is 0 Å². The Morgan fingerprint density at radius 3 is 2.26 bits per heavy atom. The third kappa shape index (κ3) is 12.6. The lowest BCUT2D eigenvalue weighted by Gasteiger charge is -2.24. The third-order valence-corrected chi connectivity index (χ3v) is 2.61. The van der Waals surface area contributed by atoms with Crippen LogP contribution in [0.4, 0.5) is 0 Å². The average molecular weight is 276 g/mol. The number of aliphatic hydroxyl groups is 1. The molecule has 19 heavy (non-hydrogen) atoms. The SMILES string of the molecule is CCC(C)OC(CCCOC(C)(C)O)OCC(C)C. The predicted octanol–water partition coefficient (Wildman–Crippen LogP) is 3.33. The molecule has 0 radical (unpaired) electrons. The van der Waals surface area contributed by atoms with Crippen LogP contribution in [0.15, 0.2) is 0 Å². The van der Waals surface area contributed by atoms with Crippen molar-refractivity contribution >= 4 is 0 Å². The summed E-state index contributed by atoms with van der Waals surface area (Å²) >= 11 is 0. The maximum Gasteiger partial charge on any atom is 0.159 e. The molecule has 0 aromatic heterocycles. The summed E-state index contributed by atoms with van der Waals surface area (Å²) in [6, 6.07) is 0. The Kier molecular flexibility index (Phi) is 9.62. The number of hydrogen-bond donors (Lipinski definition) is 1. The van der Waals surface area contributed by atoms with E-state index >= 15 is 0 Å². The minimum atomic E-state index is -1.06. The van der Waals surface area contributed by atoms with Crippen molar-refractivity contribution in [3.8, 4) is 0 Å². The maximum absolute atomic E-state index is 9.46. The average Bonchev–Trinajstić information content (AvgIpc) is 2.29.